The summed E-state index contributed by atoms with van der Waals surface area (Å²) in [6, 6.07) is 23.9. The second-order valence-corrected chi connectivity index (χ2v) is 9.01. The fourth-order valence-corrected chi connectivity index (χ4v) is 4.89. The number of ether oxygens (including phenoxy) is 2. The molecular formula is C29H28N2O4. The third-order valence-electron chi connectivity index (χ3n) is 6.50. The molecule has 3 aromatic rings. The van der Waals surface area contributed by atoms with Gasteiger partial charge in [0.2, 0.25) is 0 Å². The van der Waals surface area contributed by atoms with E-state index in [2.05, 4.69) is 12.2 Å². The molecule has 2 unspecified atom stereocenters. The number of hydrogen-bond acceptors (Lipinski definition) is 5. The summed E-state index contributed by atoms with van der Waals surface area (Å²) in [5, 5.41) is 3.50. The van der Waals surface area contributed by atoms with Crippen molar-refractivity contribution in [1.29, 1.82) is 0 Å². The predicted octanol–water partition coefficient (Wildman–Crippen LogP) is 5.53. The molecule has 0 radical (unpaired) electrons. The van der Waals surface area contributed by atoms with Gasteiger partial charge in [-0.05, 0) is 54.3 Å². The molecule has 6 heteroatoms. The van der Waals surface area contributed by atoms with E-state index < -0.39 is 6.04 Å². The number of amides is 1. The molecule has 2 atom stereocenters. The molecule has 1 amide bonds. The molecule has 5 rings (SSSR count). The minimum absolute atomic E-state index is 0.0571. The number of rotatable bonds is 5. The maximum absolute atomic E-state index is 13.9. The van der Waals surface area contributed by atoms with Crippen LogP contribution in [0.1, 0.15) is 31.4 Å². The van der Waals surface area contributed by atoms with Gasteiger partial charge in [0.1, 0.15) is 11.5 Å². The van der Waals surface area contributed by atoms with Gasteiger partial charge >= 0.3 is 0 Å². The summed E-state index contributed by atoms with van der Waals surface area (Å²) in [5.41, 5.74) is 3.86. The van der Waals surface area contributed by atoms with E-state index in [0.717, 1.165) is 23.4 Å². The van der Waals surface area contributed by atoms with Gasteiger partial charge in [-0.15, -0.1) is 0 Å². The number of nitrogens with zero attached hydrogens (tertiary/aromatic N) is 1. The van der Waals surface area contributed by atoms with E-state index in [1.165, 1.54) is 0 Å². The lowest BCUT2D eigenvalue weighted by Gasteiger charge is -2.34. The fraction of sp³-hybridized carbons (Fsp3) is 0.241. The molecule has 1 N–H and O–H groups in total. The van der Waals surface area contributed by atoms with Gasteiger partial charge in [0.05, 0.1) is 24.5 Å². The summed E-state index contributed by atoms with van der Waals surface area (Å²) < 4.78 is 11.2. The minimum atomic E-state index is -0.584. The Kier molecular flexibility index (Phi) is 6.27. The van der Waals surface area contributed by atoms with E-state index in [4.69, 9.17) is 9.47 Å². The van der Waals surface area contributed by atoms with Gasteiger partial charge in [0.25, 0.3) is 5.91 Å². The van der Waals surface area contributed by atoms with Crippen molar-refractivity contribution in [3.63, 3.8) is 0 Å². The first kappa shape index (κ1) is 22.7. The Morgan fingerprint density at radius 1 is 0.943 bits per heavy atom. The van der Waals surface area contributed by atoms with Gasteiger partial charge in [0.15, 0.2) is 12.4 Å². The highest BCUT2D eigenvalue weighted by atomic mass is 16.5. The topological polar surface area (TPSA) is 67.9 Å². The zero-order chi connectivity index (χ0) is 24.4. The van der Waals surface area contributed by atoms with E-state index in [9.17, 15) is 9.59 Å². The maximum Gasteiger partial charge on any atom is 0.265 e. The van der Waals surface area contributed by atoms with Gasteiger partial charge < -0.3 is 14.8 Å². The Balaban J connectivity index is 1.64. The molecule has 178 valence electrons. The van der Waals surface area contributed by atoms with Crippen LogP contribution in [-0.2, 0) is 9.59 Å². The van der Waals surface area contributed by atoms with Crippen molar-refractivity contribution in [2.45, 2.75) is 25.8 Å². The molecule has 0 bridgehead atoms. The summed E-state index contributed by atoms with van der Waals surface area (Å²) in [6.07, 6.45) is 1.19. The first-order valence-electron chi connectivity index (χ1n) is 11.8. The predicted molar refractivity (Wildman–Crippen MR) is 136 cm³/mol. The molecule has 2 aliphatic rings. The normalized spacial score (nSPS) is 19.3. The molecule has 0 aromatic heterocycles. The van der Waals surface area contributed by atoms with Gasteiger partial charge in [-0.25, -0.2) is 0 Å². The SMILES string of the molecule is COc1ccc(C2C3=C(CC(C)CC3=O)Nc3ccccc3N2C(=O)COc2ccccc2)cc1. The molecule has 1 aliphatic heterocycles. The number of allylic oxidation sites excluding steroid dienone is 1. The van der Waals surface area contributed by atoms with E-state index in [1.807, 2.05) is 78.9 Å². The van der Waals surface area contributed by atoms with Crippen molar-refractivity contribution in [3.8, 4) is 11.5 Å². The van der Waals surface area contributed by atoms with Gasteiger partial charge in [-0.3, -0.25) is 14.5 Å². The third-order valence-corrected chi connectivity index (χ3v) is 6.50. The highest BCUT2D eigenvalue weighted by Gasteiger charge is 2.40. The number of nitrogens with one attached hydrogen (secondary N) is 1. The second-order valence-electron chi connectivity index (χ2n) is 9.01. The van der Waals surface area contributed by atoms with Crippen LogP contribution in [0.25, 0.3) is 0 Å². The highest BCUT2D eigenvalue weighted by molar-refractivity contribution is 6.06. The molecule has 6 nitrogen and oxygen atoms in total. The van der Waals surface area contributed by atoms with Gasteiger partial charge in [-0.1, -0.05) is 49.4 Å². The van der Waals surface area contributed by atoms with Crippen LogP contribution in [0.3, 0.4) is 0 Å². The van der Waals surface area contributed by atoms with Crippen LogP contribution in [0.2, 0.25) is 0 Å². The molecule has 35 heavy (non-hydrogen) atoms. The van der Waals surface area contributed by atoms with Crippen molar-refractivity contribution in [1.82, 2.24) is 0 Å². The standard InChI is InChI=1S/C29H28N2O4/c1-19-16-24-28(26(32)17-19)29(20-12-14-21(34-2)15-13-20)31(25-11-7-6-10-23(25)30-24)27(33)18-35-22-8-4-3-5-9-22/h3-15,19,29-30H,16-18H2,1-2H3. The lowest BCUT2D eigenvalue weighted by Crippen LogP contribution is -2.41. The molecule has 0 saturated carbocycles. The van der Waals surface area contributed by atoms with E-state index in [0.29, 0.717) is 29.2 Å². The second kappa shape index (κ2) is 9.66. The van der Waals surface area contributed by atoms with Crippen LogP contribution in [0.4, 0.5) is 11.4 Å². The van der Waals surface area contributed by atoms with E-state index in [-0.39, 0.29) is 24.2 Å². The average Bonchev–Trinajstić information content (AvgIpc) is 3.02. The highest BCUT2D eigenvalue weighted by Crippen LogP contribution is 2.45. The summed E-state index contributed by atoms with van der Waals surface area (Å²) in [7, 11) is 1.62. The van der Waals surface area contributed by atoms with Crippen LogP contribution in [0.5, 0.6) is 11.5 Å². The number of Topliss-reactive ketones (excluding diaryl/α,β-unsaturated/α-hetero) is 1. The Labute approximate surface area is 205 Å². The number of anilines is 2. The van der Waals surface area contributed by atoms with Crippen molar-refractivity contribution >= 4 is 23.1 Å². The van der Waals surface area contributed by atoms with Crippen LogP contribution in [0.15, 0.2) is 90.1 Å². The zero-order valence-corrected chi connectivity index (χ0v) is 19.9. The number of carbonyl (C=O) groups excluding carboxylic acids is 2. The molecule has 0 spiro atoms. The zero-order valence-electron chi connectivity index (χ0n) is 19.9. The Morgan fingerprint density at radius 3 is 2.40 bits per heavy atom. The molecular weight excluding hydrogens is 440 g/mol. The third kappa shape index (κ3) is 4.52. The number of para-hydroxylation sites is 3. The Bertz CT molecular complexity index is 1270. The first-order valence-corrected chi connectivity index (χ1v) is 11.8. The fourth-order valence-electron chi connectivity index (χ4n) is 4.89. The van der Waals surface area contributed by atoms with Gasteiger partial charge in [0, 0.05) is 17.7 Å². The van der Waals surface area contributed by atoms with E-state index >= 15 is 0 Å². The number of hydrogen-bond donors (Lipinski definition) is 1. The van der Waals surface area contributed by atoms with Gasteiger partial charge in [-0.2, -0.15) is 0 Å². The number of ketones is 1. The quantitative estimate of drug-likeness (QED) is 0.534. The lowest BCUT2D eigenvalue weighted by atomic mass is 9.81. The van der Waals surface area contributed by atoms with Crippen molar-refractivity contribution in [2.75, 3.05) is 23.9 Å². The molecule has 0 fully saturated rings. The first-order chi connectivity index (χ1) is 17.0. The summed E-state index contributed by atoms with van der Waals surface area (Å²) in [4.78, 5) is 29.1. The largest absolute Gasteiger partial charge is 0.497 e. The number of carbonyl (C=O) groups is 2. The number of methoxy groups -OCH3 is 1. The maximum atomic E-state index is 13.9. The molecule has 0 saturated heterocycles. The van der Waals surface area contributed by atoms with Crippen molar-refractivity contribution in [3.05, 3.63) is 95.7 Å². The Morgan fingerprint density at radius 2 is 1.66 bits per heavy atom. The van der Waals surface area contributed by atoms with Crippen molar-refractivity contribution < 1.29 is 19.1 Å². The smallest absolute Gasteiger partial charge is 0.265 e. The van der Waals surface area contributed by atoms with E-state index in [1.54, 1.807) is 12.0 Å². The summed E-state index contributed by atoms with van der Waals surface area (Å²) >= 11 is 0. The summed E-state index contributed by atoms with van der Waals surface area (Å²) in [6.45, 7) is 1.93. The number of benzene rings is 3. The monoisotopic (exact) mass is 468 g/mol. The lowest BCUT2D eigenvalue weighted by molar-refractivity contribution is -0.121. The van der Waals surface area contributed by atoms with Crippen LogP contribution >= 0.6 is 0 Å². The van der Waals surface area contributed by atoms with Crippen molar-refractivity contribution in [2.24, 2.45) is 5.92 Å². The molecule has 3 aromatic carbocycles. The van der Waals surface area contributed by atoms with Crippen LogP contribution in [0, 0.1) is 5.92 Å². The van der Waals surface area contributed by atoms with Crippen LogP contribution < -0.4 is 19.7 Å². The molecule has 1 heterocycles. The minimum Gasteiger partial charge on any atom is -0.497 e. The average molecular weight is 469 g/mol. The Hall–Kier alpha value is -4.06. The molecule has 1 aliphatic carbocycles. The van der Waals surface area contributed by atoms with Crippen LogP contribution in [-0.4, -0.2) is 25.4 Å². The number of fused-ring (bicyclic) bond motifs is 1. The summed E-state index contributed by atoms with van der Waals surface area (Å²) in [5.74, 6) is 1.38.